The van der Waals surface area contributed by atoms with Crippen LogP contribution in [0.15, 0.2) is 18.2 Å². The summed E-state index contributed by atoms with van der Waals surface area (Å²) in [6.07, 6.45) is 0. The number of amides is 3. The highest BCUT2D eigenvalue weighted by molar-refractivity contribution is 6.31. The molecule has 4 N–H and O–H groups in total. The lowest BCUT2D eigenvalue weighted by Gasteiger charge is -2.46. The monoisotopic (exact) mass is 407 g/mol. The van der Waals surface area contributed by atoms with Gasteiger partial charge in [-0.1, -0.05) is 32.4 Å². The molecule has 0 spiro atoms. The molecule has 0 aliphatic carbocycles. The number of fused-ring (bicyclic) bond motifs is 1. The van der Waals surface area contributed by atoms with E-state index in [1.807, 2.05) is 27.7 Å². The molecule has 1 aliphatic heterocycles. The van der Waals surface area contributed by atoms with Crippen LogP contribution in [-0.2, 0) is 6.54 Å². The van der Waals surface area contributed by atoms with Gasteiger partial charge in [-0.2, -0.15) is 5.10 Å². The fourth-order valence-corrected chi connectivity index (χ4v) is 4.06. The summed E-state index contributed by atoms with van der Waals surface area (Å²) in [6.45, 7) is 8.05. The van der Waals surface area contributed by atoms with E-state index in [-0.39, 0.29) is 16.6 Å². The number of nitrogens with zero attached hydrogens (tertiary/aromatic N) is 3. The van der Waals surface area contributed by atoms with Crippen LogP contribution in [0.3, 0.4) is 0 Å². The van der Waals surface area contributed by atoms with Gasteiger partial charge in [0.05, 0.1) is 34.9 Å². The number of halogens is 2. The topological polar surface area (TPSA) is 107 Å². The molecule has 0 saturated heterocycles. The van der Waals surface area contributed by atoms with E-state index in [1.165, 1.54) is 18.2 Å². The molecule has 2 atom stereocenters. The van der Waals surface area contributed by atoms with Crippen LogP contribution >= 0.6 is 11.6 Å². The standard InChI is InChI=1S/C19H23ClFN5O2/c1-9-8-25-15(16(19(2,3)4)26(9)18(23)28)13(17(22)27)14(24-25)10-5-6-12(21)11(20)7-10/h5-7,9,16H,8H2,1-4H3,(H2,22,27)(H2,23,28). The number of carbonyl (C=O) groups is 2. The third-order valence-electron chi connectivity index (χ3n) is 4.96. The lowest BCUT2D eigenvalue weighted by atomic mass is 9.80. The molecular formula is C19H23ClFN5O2. The van der Waals surface area contributed by atoms with E-state index in [1.54, 1.807) is 9.58 Å². The summed E-state index contributed by atoms with van der Waals surface area (Å²) >= 11 is 5.92. The Balaban J connectivity index is 2.32. The van der Waals surface area contributed by atoms with Gasteiger partial charge in [0.2, 0.25) is 0 Å². The largest absolute Gasteiger partial charge is 0.365 e. The smallest absolute Gasteiger partial charge is 0.315 e. The minimum absolute atomic E-state index is 0.0848. The van der Waals surface area contributed by atoms with Gasteiger partial charge < -0.3 is 16.4 Å². The highest BCUT2D eigenvalue weighted by atomic mass is 35.5. The molecule has 1 aliphatic rings. The number of carbonyl (C=O) groups excluding carboxylic acids is 2. The third-order valence-corrected chi connectivity index (χ3v) is 5.24. The number of rotatable bonds is 2. The fraction of sp³-hybridized carbons (Fsp3) is 0.421. The summed E-state index contributed by atoms with van der Waals surface area (Å²) in [5.41, 5.74) is 12.4. The van der Waals surface area contributed by atoms with Gasteiger partial charge in [0.1, 0.15) is 11.5 Å². The first-order valence-electron chi connectivity index (χ1n) is 8.87. The van der Waals surface area contributed by atoms with E-state index in [9.17, 15) is 14.0 Å². The maximum absolute atomic E-state index is 13.6. The van der Waals surface area contributed by atoms with E-state index in [2.05, 4.69) is 5.10 Å². The van der Waals surface area contributed by atoms with Crippen molar-refractivity contribution in [2.75, 3.05) is 0 Å². The highest BCUT2D eigenvalue weighted by Gasteiger charge is 2.45. The molecule has 3 rings (SSSR count). The molecule has 150 valence electrons. The predicted molar refractivity (Wildman–Crippen MR) is 104 cm³/mol. The Kier molecular flexibility index (Phi) is 4.87. The number of hydrogen-bond acceptors (Lipinski definition) is 3. The molecule has 0 radical (unpaired) electrons. The second kappa shape index (κ2) is 6.77. The van der Waals surface area contributed by atoms with Gasteiger partial charge in [0.25, 0.3) is 5.91 Å². The van der Waals surface area contributed by atoms with Crippen molar-refractivity contribution in [3.05, 3.63) is 40.3 Å². The van der Waals surface area contributed by atoms with Crippen molar-refractivity contribution in [1.82, 2.24) is 14.7 Å². The SMILES string of the molecule is CC1Cn2nc(-c3ccc(F)c(Cl)c3)c(C(N)=O)c2C(C(C)(C)C)N1C(N)=O. The first-order chi connectivity index (χ1) is 12.9. The van der Waals surface area contributed by atoms with E-state index in [4.69, 9.17) is 23.1 Å². The van der Waals surface area contributed by atoms with Crippen LogP contribution in [-0.4, -0.2) is 32.7 Å². The Morgan fingerprint density at radius 2 is 1.93 bits per heavy atom. The van der Waals surface area contributed by atoms with Crippen LogP contribution in [0.5, 0.6) is 0 Å². The van der Waals surface area contributed by atoms with Gasteiger partial charge in [0.15, 0.2) is 0 Å². The Morgan fingerprint density at radius 1 is 1.29 bits per heavy atom. The normalized spacial score (nSPS) is 19.4. The van der Waals surface area contributed by atoms with Crippen molar-refractivity contribution in [2.45, 2.75) is 46.3 Å². The molecule has 0 bridgehead atoms. The zero-order valence-electron chi connectivity index (χ0n) is 16.2. The molecule has 28 heavy (non-hydrogen) atoms. The van der Waals surface area contributed by atoms with Crippen LogP contribution in [0.2, 0.25) is 5.02 Å². The Labute approximate surface area is 167 Å². The molecule has 2 aromatic rings. The lowest BCUT2D eigenvalue weighted by molar-refractivity contribution is 0.0597. The van der Waals surface area contributed by atoms with Crippen molar-refractivity contribution >= 4 is 23.5 Å². The Hall–Kier alpha value is -2.61. The average Bonchev–Trinajstić information content (AvgIpc) is 2.93. The minimum Gasteiger partial charge on any atom is -0.365 e. The number of primary amides is 2. The third kappa shape index (κ3) is 3.22. The van der Waals surface area contributed by atoms with Crippen LogP contribution in [0, 0.1) is 11.2 Å². The summed E-state index contributed by atoms with van der Waals surface area (Å²) in [7, 11) is 0. The average molecular weight is 408 g/mol. The Morgan fingerprint density at radius 3 is 2.43 bits per heavy atom. The van der Waals surface area contributed by atoms with Gasteiger partial charge in [-0.05, 0) is 30.5 Å². The van der Waals surface area contributed by atoms with Gasteiger partial charge >= 0.3 is 6.03 Å². The van der Waals surface area contributed by atoms with E-state index in [0.29, 0.717) is 23.5 Å². The van der Waals surface area contributed by atoms with E-state index >= 15 is 0 Å². The van der Waals surface area contributed by atoms with Gasteiger partial charge in [-0.15, -0.1) is 0 Å². The van der Waals surface area contributed by atoms with Crippen LogP contribution < -0.4 is 11.5 Å². The molecular weight excluding hydrogens is 385 g/mol. The molecule has 0 saturated carbocycles. The van der Waals surface area contributed by atoms with E-state index in [0.717, 1.165) is 0 Å². The summed E-state index contributed by atoms with van der Waals surface area (Å²) in [4.78, 5) is 26.2. The lowest BCUT2D eigenvalue weighted by Crippen LogP contribution is -2.54. The van der Waals surface area contributed by atoms with Crippen LogP contribution in [0.25, 0.3) is 11.3 Å². The first kappa shape index (κ1) is 20.1. The van der Waals surface area contributed by atoms with Crippen LogP contribution in [0.4, 0.5) is 9.18 Å². The quantitative estimate of drug-likeness (QED) is 0.797. The summed E-state index contributed by atoms with van der Waals surface area (Å²) < 4.78 is 15.3. The van der Waals surface area contributed by atoms with Crippen molar-refractivity contribution in [1.29, 1.82) is 0 Å². The second-order valence-corrected chi connectivity index (χ2v) is 8.55. The zero-order chi connectivity index (χ0) is 21.0. The van der Waals surface area contributed by atoms with E-state index < -0.39 is 29.2 Å². The number of benzene rings is 1. The predicted octanol–water partition coefficient (Wildman–Crippen LogP) is 3.31. The molecule has 1 aromatic carbocycles. The van der Waals surface area contributed by atoms with Crippen molar-refractivity contribution in [2.24, 2.45) is 16.9 Å². The van der Waals surface area contributed by atoms with Crippen molar-refractivity contribution in [3.8, 4) is 11.3 Å². The summed E-state index contributed by atoms with van der Waals surface area (Å²) in [5.74, 6) is -1.26. The second-order valence-electron chi connectivity index (χ2n) is 8.15. The Bertz CT molecular complexity index is 966. The molecule has 3 amide bonds. The fourth-order valence-electron chi connectivity index (χ4n) is 3.88. The van der Waals surface area contributed by atoms with Gasteiger partial charge in [-0.3, -0.25) is 9.48 Å². The number of aromatic nitrogens is 2. The maximum Gasteiger partial charge on any atom is 0.315 e. The minimum atomic E-state index is -0.690. The number of urea groups is 1. The molecule has 2 heterocycles. The molecule has 0 fully saturated rings. The van der Waals surface area contributed by atoms with Crippen LogP contribution in [0.1, 0.15) is 49.8 Å². The molecule has 7 nitrogen and oxygen atoms in total. The maximum atomic E-state index is 13.6. The number of hydrogen-bond donors (Lipinski definition) is 2. The van der Waals surface area contributed by atoms with Gasteiger partial charge in [0, 0.05) is 5.56 Å². The molecule has 2 unspecified atom stereocenters. The molecule has 1 aromatic heterocycles. The number of nitrogens with two attached hydrogens (primary N) is 2. The summed E-state index contributed by atoms with van der Waals surface area (Å²) in [5, 5.41) is 4.49. The highest BCUT2D eigenvalue weighted by Crippen LogP contribution is 2.45. The summed E-state index contributed by atoms with van der Waals surface area (Å²) in [6, 6.07) is 2.76. The van der Waals surface area contributed by atoms with Crippen molar-refractivity contribution < 1.29 is 14.0 Å². The zero-order valence-corrected chi connectivity index (χ0v) is 16.9. The van der Waals surface area contributed by atoms with Gasteiger partial charge in [-0.25, -0.2) is 9.18 Å². The van der Waals surface area contributed by atoms with Crippen molar-refractivity contribution in [3.63, 3.8) is 0 Å². The first-order valence-corrected chi connectivity index (χ1v) is 9.25. The molecule has 9 heteroatoms.